The van der Waals surface area contributed by atoms with Crippen LogP contribution in [-0.2, 0) is 14.3 Å². The topological polar surface area (TPSA) is 47.6 Å². The molecule has 0 aliphatic carbocycles. The van der Waals surface area contributed by atoms with Crippen molar-refractivity contribution in [3.05, 3.63) is 0 Å². The molecule has 1 N–H and O–H groups in total. The summed E-state index contributed by atoms with van der Waals surface area (Å²) in [4.78, 5) is 11.6. The SMILES string of the molecule is CCOC(=O)[C@]1(CC)COCCN1. The zero-order chi connectivity index (χ0) is 9.73. The van der Waals surface area contributed by atoms with Crippen LogP contribution in [0.3, 0.4) is 0 Å². The highest BCUT2D eigenvalue weighted by Gasteiger charge is 2.39. The number of esters is 1. The molecule has 0 spiro atoms. The molecular formula is C9H17NO3. The molecule has 76 valence electrons. The number of hydrogen-bond acceptors (Lipinski definition) is 4. The van der Waals surface area contributed by atoms with E-state index in [4.69, 9.17) is 9.47 Å². The van der Waals surface area contributed by atoms with Crippen LogP contribution in [0, 0.1) is 0 Å². The van der Waals surface area contributed by atoms with E-state index in [0.29, 0.717) is 32.8 Å². The Morgan fingerprint density at radius 2 is 2.38 bits per heavy atom. The molecule has 1 aliphatic heterocycles. The van der Waals surface area contributed by atoms with E-state index >= 15 is 0 Å². The van der Waals surface area contributed by atoms with Crippen molar-refractivity contribution in [2.24, 2.45) is 0 Å². The van der Waals surface area contributed by atoms with Crippen molar-refractivity contribution in [3.8, 4) is 0 Å². The lowest BCUT2D eigenvalue weighted by Crippen LogP contribution is -2.59. The zero-order valence-electron chi connectivity index (χ0n) is 8.26. The van der Waals surface area contributed by atoms with Crippen LogP contribution in [0.1, 0.15) is 20.3 Å². The van der Waals surface area contributed by atoms with Gasteiger partial charge in [0.15, 0.2) is 0 Å². The molecule has 1 fully saturated rings. The largest absolute Gasteiger partial charge is 0.465 e. The molecule has 0 aromatic carbocycles. The van der Waals surface area contributed by atoms with Gasteiger partial charge in [0.05, 0.1) is 19.8 Å². The van der Waals surface area contributed by atoms with Gasteiger partial charge >= 0.3 is 5.97 Å². The number of rotatable bonds is 3. The maximum atomic E-state index is 11.6. The van der Waals surface area contributed by atoms with Gasteiger partial charge in [0.25, 0.3) is 0 Å². The molecule has 0 amide bonds. The number of carbonyl (C=O) groups excluding carboxylic acids is 1. The summed E-state index contributed by atoms with van der Waals surface area (Å²) in [5.74, 6) is -0.197. The van der Waals surface area contributed by atoms with Crippen LogP contribution < -0.4 is 5.32 Å². The van der Waals surface area contributed by atoms with Gasteiger partial charge in [0.2, 0.25) is 0 Å². The van der Waals surface area contributed by atoms with Gasteiger partial charge in [-0.05, 0) is 13.3 Å². The van der Waals surface area contributed by atoms with Gasteiger partial charge in [-0.15, -0.1) is 0 Å². The Bertz CT molecular complexity index is 176. The van der Waals surface area contributed by atoms with E-state index in [1.54, 1.807) is 0 Å². The zero-order valence-corrected chi connectivity index (χ0v) is 8.26. The molecular weight excluding hydrogens is 170 g/mol. The van der Waals surface area contributed by atoms with Crippen LogP contribution in [0.2, 0.25) is 0 Å². The standard InChI is InChI=1S/C9H17NO3/c1-3-9(8(11)13-4-2)7-12-6-5-10-9/h10H,3-7H2,1-2H3/t9-/m0/s1. The molecule has 13 heavy (non-hydrogen) atoms. The van der Waals surface area contributed by atoms with Crippen molar-refractivity contribution in [2.45, 2.75) is 25.8 Å². The van der Waals surface area contributed by atoms with Crippen molar-refractivity contribution < 1.29 is 14.3 Å². The second-order valence-electron chi connectivity index (χ2n) is 3.14. The molecule has 4 nitrogen and oxygen atoms in total. The van der Waals surface area contributed by atoms with Crippen LogP contribution in [0.4, 0.5) is 0 Å². The number of carbonyl (C=O) groups is 1. The molecule has 0 radical (unpaired) electrons. The summed E-state index contributed by atoms with van der Waals surface area (Å²) in [6, 6.07) is 0. The lowest BCUT2D eigenvalue weighted by molar-refractivity contribution is -0.156. The van der Waals surface area contributed by atoms with E-state index < -0.39 is 5.54 Å². The molecule has 1 heterocycles. The Morgan fingerprint density at radius 3 is 2.85 bits per heavy atom. The molecule has 1 saturated heterocycles. The Balaban J connectivity index is 2.61. The van der Waals surface area contributed by atoms with Gasteiger partial charge in [-0.25, -0.2) is 4.79 Å². The van der Waals surface area contributed by atoms with Crippen LogP contribution in [0.15, 0.2) is 0 Å². The first kappa shape index (κ1) is 10.5. The Kier molecular flexibility index (Phi) is 3.69. The first-order valence-electron chi connectivity index (χ1n) is 4.75. The molecule has 1 rings (SSSR count). The van der Waals surface area contributed by atoms with E-state index in [0.717, 1.165) is 0 Å². The Hall–Kier alpha value is -0.610. The van der Waals surface area contributed by atoms with Crippen molar-refractivity contribution in [2.75, 3.05) is 26.4 Å². The third-order valence-corrected chi connectivity index (χ3v) is 2.33. The maximum absolute atomic E-state index is 11.6. The number of ether oxygens (including phenoxy) is 2. The van der Waals surface area contributed by atoms with Crippen LogP contribution in [0.25, 0.3) is 0 Å². The highest BCUT2D eigenvalue weighted by molar-refractivity contribution is 5.81. The molecule has 0 bridgehead atoms. The predicted octanol–water partition coefficient (Wildman–Crippen LogP) is 0.318. The summed E-state index contributed by atoms with van der Waals surface area (Å²) in [6.07, 6.45) is 0.700. The third-order valence-electron chi connectivity index (χ3n) is 2.33. The normalized spacial score (nSPS) is 28.5. The van der Waals surface area contributed by atoms with Crippen LogP contribution in [0.5, 0.6) is 0 Å². The molecule has 0 aromatic heterocycles. The fourth-order valence-electron chi connectivity index (χ4n) is 1.43. The van der Waals surface area contributed by atoms with Crippen molar-refractivity contribution >= 4 is 5.97 Å². The van der Waals surface area contributed by atoms with E-state index in [1.165, 1.54) is 0 Å². The monoisotopic (exact) mass is 187 g/mol. The molecule has 1 aliphatic rings. The minimum Gasteiger partial charge on any atom is -0.465 e. The fourth-order valence-corrected chi connectivity index (χ4v) is 1.43. The van der Waals surface area contributed by atoms with E-state index in [9.17, 15) is 4.79 Å². The minimum absolute atomic E-state index is 0.197. The van der Waals surface area contributed by atoms with Crippen molar-refractivity contribution in [1.29, 1.82) is 0 Å². The summed E-state index contributed by atoms with van der Waals surface area (Å²) in [7, 11) is 0. The average Bonchev–Trinajstić information content (AvgIpc) is 2.19. The van der Waals surface area contributed by atoms with E-state index in [1.807, 2.05) is 13.8 Å². The smallest absolute Gasteiger partial charge is 0.328 e. The minimum atomic E-state index is -0.603. The predicted molar refractivity (Wildman–Crippen MR) is 48.5 cm³/mol. The second-order valence-corrected chi connectivity index (χ2v) is 3.14. The maximum Gasteiger partial charge on any atom is 0.328 e. The molecule has 0 saturated carbocycles. The molecule has 0 aromatic rings. The quantitative estimate of drug-likeness (QED) is 0.646. The van der Waals surface area contributed by atoms with Gasteiger partial charge in [-0.3, -0.25) is 5.32 Å². The first-order valence-corrected chi connectivity index (χ1v) is 4.75. The van der Waals surface area contributed by atoms with E-state index in [-0.39, 0.29) is 5.97 Å². The van der Waals surface area contributed by atoms with E-state index in [2.05, 4.69) is 5.32 Å². The summed E-state index contributed by atoms with van der Waals surface area (Å²) >= 11 is 0. The van der Waals surface area contributed by atoms with Gasteiger partial charge < -0.3 is 9.47 Å². The average molecular weight is 187 g/mol. The van der Waals surface area contributed by atoms with Gasteiger partial charge in [-0.2, -0.15) is 0 Å². The molecule has 1 atom stereocenters. The first-order chi connectivity index (χ1) is 6.25. The number of hydrogen-bond donors (Lipinski definition) is 1. The second kappa shape index (κ2) is 4.58. The van der Waals surface area contributed by atoms with Crippen LogP contribution in [-0.4, -0.2) is 37.9 Å². The van der Waals surface area contributed by atoms with Crippen molar-refractivity contribution in [3.63, 3.8) is 0 Å². The fraction of sp³-hybridized carbons (Fsp3) is 0.889. The molecule has 4 heteroatoms. The summed E-state index contributed by atoms with van der Waals surface area (Å²) < 4.78 is 10.3. The summed E-state index contributed by atoms with van der Waals surface area (Å²) in [6.45, 7) is 5.99. The molecule has 0 unspecified atom stereocenters. The van der Waals surface area contributed by atoms with Gasteiger partial charge in [0, 0.05) is 6.54 Å². The summed E-state index contributed by atoms with van der Waals surface area (Å²) in [5, 5.41) is 3.17. The number of nitrogens with one attached hydrogen (secondary N) is 1. The summed E-state index contributed by atoms with van der Waals surface area (Å²) in [5.41, 5.74) is -0.603. The number of morpholine rings is 1. The van der Waals surface area contributed by atoms with Gasteiger partial charge in [0.1, 0.15) is 5.54 Å². The van der Waals surface area contributed by atoms with Crippen molar-refractivity contribution in [1.82, 2.24) is 5.32 Å². The highest BCUT2D eigenvalue weighted by atomic mass is 16.5. The third kappa shape index (κ3) is 2.19. The Morgan fingerprint density at radius 1 is 1.62 bits per heavy atom. The highest BCUT2D eigenvalue weighted by Crippen LogP contribution is 2.15. The lowest BCUT2D eigenvalue weighted by Gasteiger charge is -2.34. The lowest BCUT2D eigenvalue weighted by atomic mass is 9.96. The van der Waals surface area contributed by atoms with Crippen LogP contribution >= 0.6 is 0 Å². The van der Waals surface area contributed by atoms with Gasteiger partial charge in [-0.1, -0.05) is 6.92 Å². The Labute approximate surface area is 78.6 Å².